The maximum atomic E-state index is 13.9. The van der Waals surface area contributed by atoms with E-state index in [-0.39, 0.29) is 17.5 Å². The molecule has 2 aromatic rings. The highest BCUT2D eigenvalue weighted by Crippen LogP contribution is 2.40. The van der Waals surface area contributed by atoms with Gasteiger partial charge in [0.1, 0.15) is 11.5 Å². The Hall–Kier alpha value is -2.63. The number of Topliss-reactive ketones (excluding diaryl/α,β-unsaturated/α-hetero) is 1. The van der Waals surface area contributed by atoms with Crippen molar-refractivity contribution in [1.29, 1.82) is 0 Å². The summed E-state index contributed by atoms with van der Waals surface area (Å²) >= 11 is 0. The Morgan fingerprint density at radius 3 is 2.52 bits per heavy atom. The number of aromatic nitrogens is 1. The van der Waals surface area contributed by atoms with E-state index in [1.165, 1.54) is 19.1 Å². The van der Waals surface area contributed by atoms with E-state index in [4.69, 9.17) is 0 Å². The van der Waals surface area contributed by atoms with Crippen molar-refractivity contribution in [1.82, 2.24) is 4.57 Å². The third kappa shape index (κ3) is 2.71. The summed E-state index contributed by atoms with van der Waals surface area (Å²) < 4.78 is 15.5. The van der Waals surface area contributed by atoms with Crippen molar-refractivity contribution in [2.75, 3.05) is 22.9 Å². The number of rotatable bonds is 3. The van der Waals surface area contributed by atoms with Crippen LogP contribution in [-0.4, -0.2) is 35.4 Å². The van der Waals surface area contributed by atoms with E-state index in [1.54, 1.807) is 34.8 Å². The molecule has 25 heavy (non-hydrogen) atoms. The van der Waals surface area contributed by atoms with E-state index in [0.29, 0.717) is 29.5 Å². The number of hydrogen-bond donors (Lipinski definition) is 0. The van der Waals surface area contributed by atoms with Gasteiger partial charge in [0.15, 0.2) is 5.78 Å². The number of hydrogen-bond acceptors (Lipinski definition) is 3. The minimum atomic E-state index is -0.356. The molecule has 0 atom stereocenters. The number of nitrogens with zero attached hydrogens (tertiary/aromatic N) is 3. The van der Waals surface area contributed by atoms with Crippen molar-refractivity contribution in [2.24, 2.45) is 7.05 Å². The van der Waals surface area contributed by atoms with Gasteiger partial charge in [0.2, 0.25) is 0 Å². The second-order valence-electron chi connectivity index (χ2n) is 6.80. The van der Waals surface area contributed by atoms with Crippen molar-refractivity contribution in [3.8, 4) is 0 Å². The fourth-order valence-electron chi connectivity index (χ4n) is 3.49. The van der Waals surface area contributed by atoms with Gasteiger partial charge in [0.25, 0.3) is 5.91 Å². The van der Waals surface area contributed by atoms with Gasteiger partial charge in [-0.15, -0.1) is 0 Å². The molecule has 0 bridgehead atoms. The normalized spacial score (nSPS) is 16.8. The molecule has 4 rings (SSSR count). The van der Waals surface area contributed by atoms with Crippen molar-refractivity contribution >= 4 is 23.1 Å². The Bertz CT molecular complexity index is 870. The number of carbonyl (C=O) groups is 2. The Morgan fingerprint density at radius 1 is 1.12 bits per heavy atom. The summed E-state index contributed by atoms with van der Waals surface area (Å²) in [5.41, 5.74) is 2.44. The molecule has 0 N–H and O–H groups in total. The Labute approximate surface area is 145 Å². The molecule has 130 valence electrons. The summed E-state index contributed by atoms with van der Waals surface area (Å²) in [6.45, 7) is 2.72. The van der Waals surface area contributed by atoms with Crippen molar-refractivity contribution in [2.45, 2.75) is 25.8 Å². The molecule has 0 spiro atoms. The number of anilines is 2. The zero-order chi connectivity index (χ0) is 17.7. The fraction of sp³-hybridized carbons (Fsp3) is 0.368. The summed E-state index contributed by atoms with van der Waals surface area (Å²) in [6.07, 6.45) is 3.94. The average Bonchev–Trinajstić information content (AvgIpc) is 3.34. The standard InChI is InChI=1S/C19H20FN3O2/c1-12(24)13-9-18(21(2)11-13)19(25)23-8-7-22(15-4-5-15)16-6-3-14(20)10-17(16)23/h3,6,9-11,15H,4-5,7-8H2,1-2H3. The van der Waals surface area contributed by atoms with Crippen LogP contribution in [0.1, 0.15) is 40.6 Å². The number of fused-ring (bicyclic) bond motifs is 1. The van der Waals surface area contributed by atoms with E-state index < -0.39 is 0 Å². The largest absolute Gasteiger partial charge is 0.365 e. The van der Waals surface area contributed by atoms with Crippen LogP contribution in [0.3, 0.4) is 0 Å². The number of carbonyl (C=O) groups excluding carboxylic acids is 2. The van der Waals surface area contributed by atoms with Gasteiger partial charge in [0.05, 0.1) is 11.4 Å². The number of benzene rings is 1. The van der Waals surface area contributed by atoms with E-state index in [9.17, 15) is 14.0 Å². The lowest BCUT2D eigenvalue weighted by Crippen LogP contribution is -2.45. The van der Waals surface area contributed by atoms with E-state index in [1.807, 2.05) is 0 Å². The molecule has 1 aromatic heterocycles. The van der Waals surface area contributed by atoms with E-state index >= 15 is 0 Å². The molecule has 1 aromatic carbocycles. The second-order valence-corrected chi connectivity index (χ2v) is 6.80. The average molecular weight is 341 g/mol. The highest BCUT2D eigenvalue weighted by atomic mass is 19.1. The monoisotopic (exact) mass is 341 g/mol. The lowest BCUT2D eigenvalue weighted by Gasteiger charge is -2.38. The van der Waals surface area contributed by atoms with Gasteiger partial charge in [-0.3, -0.25) is 9.59 Å². The summed E-state index contributed by atoms with van der Waals surface area (Å²) in [5, 5.41) is 0. The molecule has 2 heterocycles. The number of amides is 1. The molecule has 6 heteroatoms. The second kappa shape index (κ2) is 5.72. The van der Waals surface area contributed by atoms with Crippen LogP contribution >= 0.6 is 0 Å². The summed E-state index contributed by atoms with van der Waals surface area (Å²) in [6, 6.07) is 6.74. The fourth-order valence-corrected chi connectivity index (χ4v) is 3.49. The lowest BCUT2D eigenvalue weighted by molar-refractivity contribution is 0.0978. The minimum Gasteiger partial charge on any atom is -0.365 e. The number of ketones is 1. The minimum absolute atomic E-state index is 0.0837. The zero-order valence-corrected chi connectivity index (χ0v) is 14.3. The van der Waals surface area contributed by atoms with Gasteiger partial charge in [-0.05, 0) is 44.0 Å². The van der Waals surface area contributed by atoms with Crippen molar-refractivity contribution in [3.63, 3.8) is 0 Å². The predicted octanol–water partition coefficient (Wildman–Crippen LogP) is 3.00. The molecule has 2 aliphatic rings. The van der Waals surface area contributed by atoms with Crippen molar-refractivity contribution < 1.29 is 14.0 Å². The summed E-state index contributed by atoms with van der Waals surface area (Å²) in [4.78, 5) is 28.5. The van der Waals surface area contributed by atoms with Crippen LogP contribution in [0.4, 0.5) is 15.8 Å². The first-order chi connectivity index (χ1) is 12.0. The smallest absolute Gasteiger partial charge is 0.275 e. The van der Waals surface area contributed by atoms with Crippen LogP contribution in [0.25, 0.3) is 0 Å². The van der Waals surface area contributed by atoms with Gasteiger partial charge in [-0.1, -0.05) is 0 Å². The molecule has 5 nitrogen and oxygen atoms in total. The van der Waals surface area contributed by atoms with Gasteiger partial charge in [-0.25, -0.2) is 4.39 Å². The molecule has 1 aliphatic carbocycles. The predicted molar refractivity (Wildman–Crippen MR) is 93.9 cm³/mol. The lowest BCUT2D eigenvalue weighted by atomic mass is 10.1. The van der Waals surface area contributed by atoms with Crippen LogP contribution < -0.4 is 9.80 Å². The number of halogens is 1. The topological polar surface area (TPSA) is 45.6 Å². The van der Waals surface area contributed by atoms with Gasteiger partial charge in [0, 0.05) is 37.9 Å². The molecular formula is C19H20FN3O2. The molecule has 0 radical (unpaired) electrons. The molecule has 1 aliphatic heterocycles. The van der Waals surface area contributed by atoms with Crippen molar-refractivity contribution in [3.05, 3.63) is 47.5 Å². The zero-order valence-electron chi connectivity index (χ0n) is 14.3. The summed E-state index contributed by atoms with van der Waals surface area (Å²) in [5.74, 6) is -0.651. The van der Waals surface area contributed by atoms with Gasteiger partial charge < -0.3 is 14.4 Å². The molecule has 0 saturated heterocycles. The number of aryl methyl sites for hydroxylation is 1. The SMILES string of the molecule is CC(=O)c1cc(C(=O)N2CCN(C3CC3)c3ccc(F)cc32)n(C)c1. The first kappa shape index (κ1) is 15.9. The molecule has 1 amide bonds. The molecule has 1 fully saturated rings. The van der Waals surface area contributed by atoms with Crippen LogP contribution in [0.2, 0.25) is 0 Å². The maximum absolute atomic E-state index is 13.9. The molecule has 0 unspecified atom stereocenters. The van der Waals surface area contributed by atoms with Crippen LogP contribution in [0, 0.1) is 5.82 Å². The van der Waals surface area contributed by atoms with Crippen LogP contribution in [0.15, 0.2) is 30.5 Å². The maximum Gasteiger partial charge on any atom is 0.275 e. The van der Waals surface area contributed by atoms with Crippen LogP contribution in [-0.2, 0) is 7.05 Å². The molecular weight excluding hydrogens is 321 g/mol. The Morgan fingerprint density at radius 2 is 1.88 bits per heavy atom. The highest BCUT2D eigenvalue weighted by molar-refractivity contribution is 6.09. The highest BCUT2D eigenvalue weighted by Gasteiger charge is 2.36. The van der Waals surface area contributed by atoms with Gasteiger partial charge in [-0.2, -0.15) is 0 Å². The third-order valence-electron chi connectivity index (χ3n) is 4.97. The van der Waals surface area contributed by atoms with E-state index in [0.717, 1.165) is 25.1 Å². The summed E-state index contributed by atoms with van der Waals surface area (Å²) in [7, 11) is 1.74. The van der Waals surface area contributed by atoms with Crippen LogP contribution in [0.5, 0.6) is 0 Å². The first-order valence-electron chi connectivity index (χ1n) is 8.51. The quantitative estimate of drug-likeness (QED) is 0.806. The van der Waals surface area contributed by atoms with Gasteiger partial charge >= 0.3 is 0 Å². The third-order valence-corrected chi connectivity index (χ3v) is 4.97. The Balaban J connectivity index is 1.73. The molecule has 1 saturated carbocycles. The van der Waals surface area contributed by atoms with E-state index in [2.05, 4.69) is 4.90 Å². The first-order valence-corrected chi connectivity index (χ1v) is 8.51. The Kier molecular flexibility index (Phi) is 3.63.